The lowest BCUT2D eigenvalue weighted by atomic mass is 9.85. The van der Waals surface area contributed by atoms with Gasteiger partial charge in [0.2, 0.25) is 5.95 Å². The number of anilines is 2. The van der Waals surface area contributed by atoms with Gasteiger partial charge in [-0.2, -0.15) is 9.97 Å². The molecule has 224 valence electrons. The number of nitrogens with one attached hydrogen (secondary N) is 1. The highest BCUT2D eigenvalue weighted by molar-refractivity contribution is 5.78. The number of rotatable bonds is 11. The van der Waals surface area contributed by atoms with Crippen LogP contribution >= 0.6 is 0 Å². The lowest BCUT2D eigenvalue weighted by Gasteiger charge is -2.39. The normalized spacial score (nSPS) is 22.5. The van der Waals surface area contributed by atoms with Crippen molar-refractivity contribution in [2.75, 3.05) is 56.8 Å². The number of methoxy groups -OCH3 is 1. The van der Waals surface area contributed by atoms with Gasteiger partial charge in [-0.15, -0.1) is 0 Å². The van der Waals surface area contributed by atoms with Crippen molar-refractivity contribution in [3.05, 3.63) is 36.2 Å². The maximum absolute atomic E-state index is 14.2. The van der Waals surface area contributed by atoms with E-state index >= 15 is 0 Å². The van der Waals surface area contributed by atoms with Crippen LogP contribution in [0.5, 0.6) is 0 Å². The third-order valence-electron chi connectivity index (χ3n) is 8.55. The van der Waals surface area contributed by atoms with E-state index in [0.29, 0.717) is 66.4 Å². The molecule has 1 aliphatic heterocycles. The molecule has 0 spiro atoms. The van der Waals surface area contributed by atoms with Crippen LogP contribution < -0.4 is 10.2 Å². The number of morpholine rings is 1. The third-order valence-corrected chi connectivity index (χ3v) is 8.55. The summed E-state index contributed by atoms with van der Waals surface area (Å²) in [6, 6.07) is 10.0. The Balaban J connectivity index is 1.38. The summed E-state index contributed by atoms with van der Waals surface area (Å²) in [5.41, 5.74) is 1.10. The Bertz CT molecular complexity index is 1280. The molecule has 2 aromatic heterocycles. The Kier molecular flexibility index (Phi) is 9.67. The molecule has 11 heteroatoms. The van der Waals surface area contributed by atoms with Crippen molar-refractivity contribution >= 4 is 22.8 Å². The summed E-state index contributed by atoms with van der Waals surface area (Å²) in [5.74, 6) is 1.69. The summed E-state index contributed by atoms with van der Waals surface area (Å²) in [6.07, 6.45) is 1.77. The number of imidazole rings is 1. The fourth-order valence-electron chi connectivity index (χ4n) is 6.44. The molecule has 3 aromatic rings. The van der Waals surface area contributed by atoms with Crippen LogP contribution in [0.4, 0.5) is 20.5 Å². The first kappa shape index (κ1) is 29.6. The fourth-order valence-corrected chi connectivity index (χ4v) is 6.44. The Morgan fingerprint density at radius 3 is 2.59 bits per heavy atom. The maximum Gasteiger partial charge on any atom is 0.296 e. The number of likely N-dealkylation sites (N-methyl/N-ethyl adjacent to an activating group) is 1. The van der Waals surface area contributed by atoms with Gasteiger partial charge in [-0.3, -0.25) is 9.47 Å². The minimum Gasteiger partial charge on any atom is -0.383 e. The second-order valence-corrected chi connectivity index (χ2v) is 11.3. The van der Waals surface area contributed by atoms with Gasteiger partial charge >= 0.3 is 0 Å². The van der Waals surface area contributed by atoms with Crippen LogP contribution in [0, 0.1) is 5.92 Å². The van der Waals surface area contributed by atoms with Crippen LogP contribution in [0.25, 0.3) is 16.9 Å². The Hall–Kier alpha value is -2.89. The van der Waals surface area contributed by atoms with E-state index in [1.807, 2.05) is 6.07 Å². The largest absolute Gasteiger partial charge is 0.383 e. The number of hydrogen-bond acceptors (Lipinski definition) is 8. The maximum atomic E-state index is 14.2. The van der Waals surface area contributed by atoms with E-state index in [9.17, 15) is 8.78 Å². The van der Waals surface area contributed by atoms with Gasteiger partial charge in [-0.05, 0) is 64.1 Å². The van der Waals surface area contributed by atoms with Crippen molar-refractivity contribution in [3.8, 4) is 5.82 Å². The quantitative estimate of drug-likeness (QED) is 0.332. The van der Waals surface area contributed by atoms with Gasteiger partial charge in [0.1, 0.15) is 11.6 Å². The van der Waals surface area contributed by atoms with Crippen molar-refractivity contribution in [2.24, 2.45) is 5.92 Å². The average molecular weight is 572 g/mol. The fraction of sp³-hybridized carbons (Fsp3) is 0.633. The first-order valence-electron chi connectivity index (χ1n) is 14.9. The zero-order valence-corrected chi connectivity index (χ0v) is 24.6. The molecule has 2 fully saturated rings. The zero-order chi connectivity index (χ0) is 28.9. The summed E-state index contributed by atoms with van der Waals surface area (Å²) >= 11 is 0. The van der Waals surface area contributed by atoms with Crippen LogP contribution in [0.3, 0.4) is 0 Å². The lowest BCUT2D eigenvalue weighted by molar-refractivity contribution is 0.0535. The number of nitrogens with zero attached hydrogens (tertiary/aromatic N) is 6. The summed E-state index contributed by atoms with van der Waals surface area (Å²) in [5, 5.41) is 3.47. The number of ether oxygens (including phenoxy) is 2. The Labute approximate surface area is 241 Å². The van der Waals surface area contributed by atoms with Gasteiger partial charge in [0.25, 0.3) is 6.43 Å². The van der Waals surface area contributed by atoms with E-state index in [4.69, 9.17) is 19.4 Å². The number of para-hydroxylation sites is 2. The van der Waals surface area contributed by atoms with Gasteiger partial charge < -0.3 is 19.7 Å². The van der Waals surface area contributed by atoms with Crippen molar-refractivity contribution in [2.45, 2.75) is 71.0 Å². The molecule has 1 unspecified atom stereocenters. The van der Waals surface area contributed by atoms with E-state index in [1.54, 1.807) is 31.4 Å². The highest BCUT2D eigenvalue weighted by Gasteiger charge is 2.29. The second-order valence-electron chi connectivity index (χ2n) is 11.3. The monoisotopic (exact) mass is 571 g/mol. The van der Waals surface area contributed by atoms with E-state index in [-0.39, 0.29) is 11.9 Å². The molecule has 2 aliphatic rings. The molecule has 3 heterocycles. The molecule has 0 bridgehead atoms. The lowest BCUT2D eigenvalue weighted by Crippen LogP contribution is -2.45. The van der Waals surface area contributed by atoms with E-state index in [2.05, 4.69) is 40.9 Å². The molecule has 1 saturated carbocycles. The van der Waals surface area contributed by atoms with Crippen LogP contribution in [0.2, 0.25) is 0 Å². The Morgan fingerprint density at radius 2 is 1.88 bits per heavy atom. The van der Waals surface area contributed by atoms with Gasteiger partial charge in [0.05, 0.1) is 36.9 Å². The van der Waals surface area contributed by atoms with Crippen LogP contribution in [-0.4, -0.2) is 89.1 Å². The number of alkyl halides is 2. The van der Waals surface area contributed by atoms with Gasteiger partial charge in [-0.1, -0.05) is 19.1 Å². The first-order chi connectivity index (χ1) is 19.9. The predicted molar refractivity (Wildman–Crippen MR) is 157 cm³/mol. The van der Waals surface area contributed by atoms with Gasteiger partial charge in [0.15, 0.2) is 5.82 Å². The highest BCUT2D eigenvalue weighted by Crippen LogP contribution is 2.31. The van der Waals surface area contributed by atoms with Crippen molar-refractivity contribution in [3.63, 3.8) is 0 Å². The smallest absolute Gasteiger partial charge is 0.296 e. The topological polar surface area (TPSA) is 80.6 Å². The molecule has 0 radical (unpaired) electrons. The summed E-state index contributed by atoms with van der Waals surface area (Å²) in [7, 11) is 1.76. The van der Waals surface area contributed by atoms with Crippen LogP contribution in [0.15, 0.2) is 30.3 Å². The van der Waals surface area contributed by atoms with Gasteiger partial charge in [-0.25, -0.2) is 13.8 Å². The number of hydrogen-bond donors (Lipinski definition) is 1. The minimum absolute atomic E-state index is 0.103. The second kappa shape index (κ2) is 13.4. The molecule has 1 N–H and O–H groups in total. The SMILES string of the molecule is CCN(C(C)COC)[C@H]1CC[C@H](CNc2nc(N3CCOC[C@@H]3C)cc(-n3c(C(F)F)nc4ccccc43)n2)CC1. The standard InChI is InChI=1S/C30H43F2N7O2/c1-5-37(20(2)18-40-4)23-12-10-22(11-13-23)17-33-30-35-26(38-14-15-41-19-21(38)3)16-27(36-30)39-25-9-7-6-8-24(25)34-29(39)28(31)32/h6-9,16,20-23,28H,5,10-15,17-19H2,1-4H3,(H,33,35,36)/t20?,21-,22-,23-/m0/s1. The molecule has 9 nitrogen and oxygen atoms in total. The number of benzene rings is 1. The van der Waals surface area contributed by atoms with E-state index in [0.717, 1.165) is 45.4 Å². The predicted octanol–water partition coefficient (Wildman–Crippen LogP) is 5.31. The number of halogens is 2. The molecular weight excluding hydrogens is 528 g/mol. The van der Waals surface area contributed by atoms with Crippen LogP contribution in [-0.2, 0) is 9.47 Å². The zero-order valence-electron chi connectivity index (χ0n) is 24.6. The molecule has 5 rings (SSSR count). The van der Waals surface area contributed by atoms with Gasteiger partial charge in [0, 0.05) is 38.3 Å². The van der Waals surface area contributed by atoms with Crippen LogP contribution in [0.1, 0.15) is 58.7 Å². The molecule has 2 atom stereocenters. The first-order valence-corrected chi connectivity index (χ1v) is 14.9. The van der Waals surface area contributed by atoms with E-state index in [1.165, 1.54) is 4.57 Å². The molecule has 1 aliphatic carbocycles. The molecule has 41 heavy (non-hydrogen) atoms. The van der Waals surface area contributed by atoms with Crippen molar-refractivity contribution < 1.29 is 18.3 Å². The van der Waals surface area contributed by atoms with Crippen molar-refractivity contribution in [1.82, 2.24) is 24.4 Å². The Morgan fingerprint density at radius 1 is 1.12 bits per heavy atom. The summed E-state index contributed by atoms with van der Waals surface area (Å²) < 4.78 is 40.9. The minimum atomic E-state index is -2.75. The third kappa shape index (κ3) is 6.62. The van der Waals surface area contributed by atoms with E-state index < -0.39 is 6.43 Å². The number of fused-ring (bicyclic) bond motifs is 1. The van der Waals surface area contributed by atoms with Crippen molar-refractivity contribution in [1.29, 1.82) is 0 Å². The molecule has 1 saturated heterocycles. The average Bonchev–Trinajstić information content (AvgIpc) is 3.38. The molecular formula is C30H43F2N7O2. The number of aromatic nitrogens is 4. The summed E-state index contributed by atoms with van der Waals surface area (Å²) in [4.78, 5) is 18.6. The molecule has 1 aromatic carbocycles. The summed E-state index contributed by atoms with van der Waals surface area (Å²) in [6.45, 7) is 10.9. The highest BCUT2D eigenvalue weighted by atomic mass is 19.3. The molecule has 0 amide bonds.